The van der Waals surface area contributed by atoms with E-state index in [1.54, 1.807) is 31.2 Å². The molecule has 1 atom stereocenters. The Hall–Kier alpha value is -2.41. The van der Waals surface area contributed by atoms with Crippen LogP contribution in [-0.4, -0.2) is 40.6 Å². The highest BCUT2D eigenvalue weighted by Gasteiger charge is 2.25. The second-order valence-corrected chi connectivity index (χ2v) is 4.62. The largest absolute Gasteiger partial charge is 0.481 e. The number of benzene rings is 1. The lowest BCUT2D eigenvalue weighted by atomic mass is 10.1. The summed E-state index contributed by atoms with van der Waals surface area (Å²) in [5.41, 5.74) is 6.90. The summed E-state index contributed by atoms with van der Waals surface area (Å²) in [6.45, 7) is 1.71. The number of carboxylic acid groups (broad SMARTS) is 2. The number of hydrogen-bond donors (Lipinski definition) is 3. The number of hydrogen-bond acceptors (Lipinski definition) is 4. The molecule has 0 heterocycles. The number of aryl methyl sites for hydroxylation is 1. The summed E-state index contributed by atoms with van der Waals surface area (Å²) in [5.74, 6) is -2.83. The van der Waals surface area contributed by atoms with E-state index in [0.717, 1.165) is 5.56 Å². The molecule has 4 N–H and O–H groups in total. The molecule has 1 aromatic carbocycles. The highest BCUT2D eigenvalue weighted by molar-refractivity contribution is 5.99. The highest BCUT2D eigenvalue weighted by atomic mass is 16.4. The van der Waals surface area contributed by atoms with E-state index in [1.807, 2.05) is 0 Å². The second-order valence-electron chi connectivity index (χ2n) is 4.62. The van der Waals surface area contributed by atoms with E-state index < -0.39 is 30.3 Å². The molecule has 0 aromatic heterocycles. The van der Waals surface area contributed by atoms with Crippen molar-refractivity contribution < 1.29 is 24.6 Å². The summed E-state index contributed by atoms with van der Waals surface area (Å²) < 4.78 is 0. The standard InChI is InChI=1S/C14H18N2O5/c1-9-4-2-3-5-11(9)16(7-6-12(17)18)14(21)10(15)8-13(19)20/h2-5,10H,6-8,15H2,1H3,(H,17,18)(H,19,20). The third-order valence-electron chi connectivity index (χ3n) is 2.93. The van der Waals surface area contributed by atoms with Gasteiger partial charge in [-0.05, 0) is 18.6 Å². The van der Waals surface area contributed by atoms with Crippen LogP contribution in [-0.2, 0) is 14.4 Å². The molecular formula is C14H18N2O5. The lowest BCUT2D eigenvalue weighted by Crippen LogP contribution is -2.46. The van der Waals surface area contributed by atoms with Crippen molar-refractivity contribution in [2.24, 2.45) is 5.73 Å². The summed E-state index contributed by atoms with van der Waals surface area (Å²) >= 11 is 0. The summed E-state index contributed by atoms with van der Waals surface area (Å²) in [5, 5.41) is 17.5. The number of para-hydroxylation sites is 1. The predicted molar refractivity (Wildman–Crippen MR) is 76.0 cm³/mol. The van der Waals surface area contributed by atoms with Crippen molar-refractivity contribution in [2.45, 2.75) is 25.8 Å². The van der Waals surface area contributed by atoms with Crippen molar-refractivity contribution >= 4 is 23.5 Å². The predicted octanol–water partition coefficient (Wildman–Crippen LogP) is 0.605. The fourth-order valence-corrected chi connectivity index (χ4v) is 1.90. The van der Waals surface area contributed by atoms with Crippen LogP contribution < -0.4 is 10.6 Å². The van der Waals surface area contributed by atoms with Crippen molar-refractivity contribution in [3.8, 4) is 0 Å². The summed E-state index contributed by atoms with van der Waals surface area (Å²) in [4.78, 5) is 34.9. The minimum Gasteiger partial charge on any atom is -0.481 e. The van der Waals surface area contributed by atoms with Gasteiger partial charge in [-0.1, -0.05) is 18.2 Å². The molecule has 0 spiro atoms. The Morgan fingerprint density at radius 2 is 1.81 bits per heavy atom. The molecule has 0 radical (unpaired) electrons. The molecular weight excluding hydrogens is 276 g/mol. The van der Waals surface area contributed by atoms with Crippen LogP contribution in [0.2, 0.25) is 0 Å². The van der Waals surface area contributed by atoms with Crippen LogP contribution in [0.15, 0.2) is 24.3 Å². The first-order chi connectivity index (χ1) is 9.82. The van der Waals surface area contributed by atoms with Gasteiger partial charge in [-0.2, -0.15) is 0 Å². The van der Waals surface area contributed by atoms with Gasteiger partial charge in [-0.15, -0.1) is 0 Å². The van der Waals surface area contributed by atoms with E-state index in [-0.39, 0.29) is 13.0 Å². The van der Waals surface area contributed by atoms with Gasteiger partial charge < -0.3 is 20.8 Å². The molecule has 1 rings (SSSR count). The summed E-state index contributed by atoms with van der Waals surface area (Å²) in [7, 11) is 0. The molecule has 0 saturated carbocycles. The van der Waals surface area contributed by atoms with Gasteiger partial charge in [-0.3, -0.25) is 14.4 Å². The second kappa shape index (κ2) is 7.39. The van der Waals surface area contributed by atoms with Crippen LogP contribution in [0, 0.1) is 6.92 Å². The fraction of sp³-hybridized carbons (Fsp3) is 0.357. The van der Waals surface area contributed by atoms with Crippen molar-refractivity contribution in [1.29, 1.82) is 0 Å². The van der Waals surface area contributed by atoms with Gasteiger partial charge in [0.05, 0.1) is 18.9 Å². The fourth-order valence-electron chi connectivity index (χ4n) is 1.90. The third kappa shape index (κ3) is 4.88. The molecule has 0 aliphatic rings. The first-order valence-corrected chi connectivity index (χ1v) is 6.39. The quantitative estimate of drug-likeness (QED) is 0.677. The lowest BCUT2D eigenvalue weighted by molar-refractivity contribution is -0.139. The molecule has 0 saturated heterocycles. The van der Waals surface area contributed by atoms with Gasteiger partial charge in [0.2, 0.25) is 5.91 Å². The minimum absolute atomic E-state index is 0.0632. The maximum atomic E-state index is 12.3. The normalized spacial score (nSPS) is 11.7. The molecule has 7 heteroatoms. The van der Waals surface area contributed by atoms with E-state index in [0.29, 0.717) is 5.69 Å². The summed E-state index contributed by atoms with van der Waals surface area (Å²) in [6.07, 6.45) is -0.756. The monoisotopic (exact) mass is 294 g/mol. The number of aliphatic carboxylic acids is 2. The SMILES string of the molecule is Cc1ccccc1N(CCC(=O)O)C(=O)C(N)CC(=O)O. The number of nitrogens with zero attached hydrogens (tertiary/aromatic N) is 1. The Morgan fingerprint density at radius 1 is 1.19 bits per heavy atom. The van der Waals surface area contributed by atoms with Gasteiger partial charge in [0, 0.05) is 12.2 Å². The van der Waals surface area contributed by atoms with Crippen LogP contribution in [0.3, 0.4) is 0 Å². The van der Waals surface area contributed by atoms with Crippen LogP contribution in [0.4, 0.5) is 5.69 Å². The van der Waals surface area contributed by atoms with E-state index >= 15 is 0 Å². The van der Waals surface area contributed by atoms with Gasteiger partial charge in [0.1, 0.15) is 0 Å². The molecule has 0 aliphatic carbocycles. The zero-order valence-electron chi connectivity index (χ0n) is 11.7. The van der Waals surface area contributed by atoms with Gasteiger partial charge in [0.15, 0.2) is 0 Å². The smallest absolute Gasteiger partial charge is 0.305 e. The number of rotatable bonds is 7. The van der Waals surface area contributed by atoms with Gasteiger partial charge in [0.25, 0.3) is 0 Å². The zero-order valence-corrected chi connectivity index (χ0v) is 11.7. The van der Waals surface area contributed by atoms with Gasteiger partial charge in [-0.25, -0.2) is 0 Å². The van der Waals surface area contributed by atoms with Crippen molar-refractivity contribution in [3.05, 3.63) is 29.8 Å². The molecule has 1 unspecified atom stereocenters. The molecule has 21 heavy (non-hydrogen) atoms. The first kappa shape index (κ1) is 16.6. The van der Waals surface area contributed by atoms with E-state index in [9.17, 15) is 14.4 Å². The third-order valence-corrected chi connectivity index (χ3v) is 2.93. The molecule has 0 bridgehead atoms. The van der Waals surface area contributed by atoms with Crippen molar-refractivity contribution in [2.75, 3.05) is 11.4 Å². The number of nitrogens with two attached hydrogens (primary N) is 1. The molecule has 1 aromatic rings. The maximum absolute atomic E-state index is 12.3. The number of anilines is 1. The maximum Gasteiger partial charge on any atom is 0.305 e. The minimum atomic E-state index is -1.21. The zero-order chi connectivity index (χ0) is 16.0. The molecule has 7 nitrogen and oxygen atoms in total. The van der Waals surface area contributed by atoms with Crippen molar-refractivity contribution in [3.63, 3.8) is 0 Å². The average Bonchev–Trinajstić information content (AvgIpc) is 2.39. The topological polar surface area (TPSA) is 121 Å². The van der Waals surface area contributed by atoms with E-state index in [4.69, 9.17) is 15.9 Å². The Bertz CT molecular complexity index is 544. The van der Waals surface area contributed by atoms with Crippen LogP contribution in [0.1, 0.15) is 18.4 Å². The van der Waals surface area contributed by atoms with Gasteiger partial charge >= 0.3 is 11.9 Å². The molecule has 0 fully saturated rings. The Labute approximate surface area is 122 Å². The number of amides is 1. The highest BCUT2D eigenvalue weighted by Crippen LogP contribution is 2.20. The summed E-state index contributed by atoms with van der Waals surface area (Å²) in [6, 6.07) is 5.74. The van der Waals surface area contributed by atoms with Crippen molar-refractivity contribution in [1.82, 2.24) is 0 Å². The number of carboxylic acids is 2. The molecule has 1 amide bonds. The lowest BCUT2D eigenvalue weighted by Gasteiger charge is -2.26. The van der Waals surface area contributed by atoms with E-state index in [2.05, 4.69) is 0 Å². The number of carbonyl (C=O) groups is 3. The number of carbonyl (C=O) groups excluding carboxylic acids is 1. The Morgan fingerprint density at radius 3 is 2.33 bits per heavy atom. The van der Waals surface area contributed by atoms with Crippen LogP contribution in [0.5, 0.6) is 0 Å². The Balaban J connectivity index is 3.02. The average molecular weight is 294 g/mol. The van der Waals surface area contributed by atoms with E-state index in [1.165, 1.54) is 4.90 Å². The molecule has 0 aliphatic heterocycles. The molecule has 114 valence electrons. The van der Waals surface area contributed by atoms with Crippen LogP contribution in [0.25, 0.3) is 0 Å². The first-order valence-electron chi connectivity index (χ1n) is 6.39. The Kier molecular flexibility index (Phi) is 5.86. The van der Waals surface area contributed by atoms with Crippen LogP contribution >= 0.6 is 0 Å².